The first-order valence-corrected chi connectivity index (χ1v) is 4.67. The number of likely N-dealkylation sites (tertiary alicyclic amines) is 1. The van der Waals surface area contributed by atoms with Crippen LogP contribution in [-0.4, -0.2) is 27.8 Å². The number of imide groups is 1. The molecule has 1 rings (SSSR count). The Labute approximate surface area is 87.1 Å². The highest BCUT2D eigenvalue weighted by Gasteiger charge is 2.27. The van der Waals surface area contributed by atoms with Crippen molar-refractivity contribution in [2.24, 2.45) is 0 Å². The van der Waals surface area contributed by atoms with Crippen LogP contribution in [0.15, 0.2) is 0 Å². The lowest BCUT2D eigenvalue weighted by molar-refractivity contribution is -0.137. The van der Waals surface area contributed by atoms with Crippen LogP contribution in [0.5, 0.6) is 0 Å². The molecule has 15 heavy (non-hydrogen) atoms. The molecule has 0 radical (unpaired) electrons. The van der Waals surface area contributed by atoms with Crippen molar-refractivity contribution in [1.82, 2.24) is 4.90 Å². The Bertz CT molecular complexity index is 334. The first kappa shape index (κ1) is 11.2. The summed E-state index contributed by atoms with van der Waals surface area (Å²) < 4.78 is 0. The predicted octanol–water partition coefficient (Wildman–Crippen LogP) is 0.351. The average molecular weight is 209 g/mol. The van der Waals surface area contributed by atoms with E-state index in [4.69, 9.17) is 5.11 Å². The molecule has 5 heteroatoms. The van der Waals surface area contributed by atoms with Crippen molar-refractivity contribution in [3.8, 4) is 12.0 Å². The van der Waals surface area contributed by atoms with Gasteiger partial charge in [0.2, 0.25) is 11.8 Å². The first-order valence-electron chi connectivity index (χ1n) is 4.67. The van der Waals surface area contributed by atoms with Crippen LogP contribution in [-0.2, 0) is 14.4 Å². The second-order valence-electron chi connectivity index (χ2n) is 3.16. The minimum Gasteiger partial charge on any atom is -0.481 e. The number of aliphatic carboxylic acids is 1. The lowest BCUT2D eigenvalue weighted by Gasteiger charge is -2.01. The zero-order valence-corrected chi connectivity index (χ0v) is 8.15. The van der Waals surface area contributed by atoms with Crippen LogP contribution in [0.25, 0.3) is 0 Å². The molecule has 1 saturated heterocycles. The lowest BCUT2D eigenvalue weighted by Crippen LogP contribution is -2.23. The van der Waals surface area contributed by atoms with E-state index in [1.54, 1.807) is 0 Å². The van der Waals surface area contributed by atoms with Gasteiger partial charge in [-0.15, -0.1) is 0 Å². The third-order valence-electron chi connectivity index (χ3n) is 1.93. The molecule has 0 aromatic rings. The maximum atomic E-state index is 11.1. The summed E-state index contributed by atoms with van der Waals surface area (Å²) in [7, 11) is 0. The predicted molar refractivity (Wildman–Crippen MR) is 50.3 cm³/mol. The Hall–Kier alpha value is -1.83. The number of rotatable bonds is 3. The summed E-state index contributed by atoms with van der Waals surface area (Å²) >= 11 is 0. The van der Waals surface area contributed by atoms with E-state index in [0.717, 1.165) is 4.90 Å². The van der Waals surface area contributed by atoms with Gasteiger partial charge in [0.05, 0.1) is 0 Å². The summed E-state index contributed by atoms with van der Waals surface area (Å²) in [6.45, 7) is 0. The van der Waals surface area contributed by atoms with Gasteiger partial charge in [-0.3, -0.25) is 14.4 Å². The molecule has 1 aliphatic heterocycles. The molecule has 0 unspecified atom stereocenters. The van der Waals surface area contributed by atoms with E-state index in [2.05, 4.69) is 12.0 Å². The maximum Gasteiger partial charge on any atom is 0.303 e. The fraction of sp³-hybridized carbons (Fsp3) is 0.500. The van der Waals surface area contributed by atoms with Crippen LogP contribution < -0.4 is 0 Å². The largest absolute Gasteiger partial charge is 0.481 e. The quantitative estimate of drug-likeness (QED) is 0.413. The summed E-state index contributed by atoms with van der Waals surface area (Å²) in [5.74, 6) is 1.20. The standard InChI is InChI=1S/C10H11NO4/c12-8-5-6-9(13)11(8)7-3-1-2-4-10(14)15/h1-2,4-6H2,(H,14,15). The van der Waals surface area contributed by atoms with E-state index in [0.29, 0.717) is 12.8 Å². The van der Waals surface area contributed by atoms with Gasteiger partial charge < -0.3 is 5.11 Å². The summed E-state index contributed by atoms with van der Waals surface area (Å²) in [6, 6.07) is 2.45. The molecule has 1 fully saturated rings. The van der Waals surface area contributed by atoms with Crippen molar-refractivity contribution >= 4 is 17.8 Å². The molecule has 1 aliphatic rings. The minimum absolute atomic E-state index is 0.0522. The van der Waals surface area contributed by atoms with Crippen LogP contribution in [0.4, 0.5) is 0 Å². The van der Waals surface area contributed by atoms with Gasteiger partial charge in [-0.2, -0.15) is 0 Å². The molecule has 1 N–H and O–H groups in total. The fourth-order valence-electron chi connectivity index (χ4n) is 1.16. The monoisotopic (exact) mass is 209 g/mol. The summed E-state index contributed by atoms with van der Waals surface area (Å²) in [5, 5.41) is 8.34. The Morgan fingerprint density at radius 1 is 1.33 bits per heavy atom. The summed E-state index contributed by atoms with van der Waals surface area (Å²) in [6.07, 6.45) is 1.31. The van der Waals surface area contributed by atoms with Crippen molar-refractivity contribution in [3.63, 3.8) is 0 Å². The molecule has 80 valence electrons. The maximum absolute atomic E-state index is 11.1. The van der Waals surface area contributed by atoms with E-state index in [9.17, 15) is 14.4 Å². The normalized spacial score (nSPS) is 15.1. The van der Waals surface area contributed by atoms with Gasteiger partial charge in [-0.25, -0.2) is 4.90 Å². The molecular weight excluding hydrogens is 198 g/mol. The highest BCUT2D eigenvalue weighted by molar-refractivity contribution is 6.03. The number of carbonyl (C=O) groups is 3. The van der Waals surface area contributed by atoms with E-state index in [1.807, 2.05) is 0 Å². The SMILES string of the molecule is O=C(O)CCCC#CN1C(=O)CCC1=O. The summed E-state index contributed by atoms with van der Waals surface area (Å²) in [5.41, 5.74) is 0. The van der Waals surface area contributed by atoms with Gasteiger partial charge in [-0.1, -0.05) is 5.92 Å². The van der Waals surface area contributed by atoms with Crippen molar-refractivity contribution in [2.45, 2.75) is 32.1 Å². The number of carboxylic acid groups (broad SMARTS) is 1. The molecule has 0 spiro atoms. The molecule has 0 saturated carbocycles. The van der Waals surface area contributed by atoms with Crippen LogP contribution in [0.2, 0.25) is 0 Å². The molecule has 0 bridgehead atoms. The van der Waals surface area contributed by atoms with Gasteiger partial charge in [0.15, 0.2) is 0 Å². The van der Waals surface area contributed by atoms with Gasteiger partial charge in [0.25, 0.3) is 0 Å². The molecule has 0 aliphatic carbocycles. The summed E-state index contributed by atoms with van der Waals surface area (Å²) in [4.78, 5) is 33.2. The number of carbonyl (C=O) groups excluding carboxylic acids is 2. The van der Waals surface area contributed by atoms with E-state index in [1.165, 1.54) is 0 Å². The molecule has 0 aromatic carbocycles. The van der Waals surface area contributed by atoms with Crippen molar-refractivity contribution in [3.05, 3.63) is 0 Å². The number of carboxylic acids is 1. The Morgan fingerprint density at radius 3 is 2.47 bits per heavy atom. The first-order chi connectivity index (χ1) is 7.11. The Kier molecular flexibility index (Phi) is 3.86. The minimum atomic E-state index is -0.870. The number of amides is 2. The highest BCUT2D eigenvalue weighted by atomic mass is 16.4. The van der Waals surface area contributed by atoms with Gasteiger partial charge in [-0.05, 0) is 6.42 Å². The molecule has 0 atom stereocenters. The zero-order valence-electron chi connectivity index (χ0n) is 8.15. The van der Waals surface area contributed by atoms with Gasteiger partial charge in [0.1, 0.15) is 0 Å². The molecule has 0 aromatic heterocycles. The smallest absolute Gasteiger partial charge is 0.303 e. The molecule has 5 nitrogen and oxygen atoms in total. The third kappa shape index (κ3) is 3.43. The second-order valence-corrected chi connectivity index (χ2v) is 3.16. The highest BCUT2D eigenvalue weighted by Crippen LogP contribution is 2.09. The average Bonchev–Trinajstić information content (AvgIpc) is 2.47. The van der Waals surface area contributed by atoms with E-state index >= 15 is 0 Å². The van der Waals surface area contributed by atoms with Gasteiger partial charge in [0, 0.05) is 31.7 Å². The number of hydrogen-bond donors (Lipinski definition) is 1. The van der Waals surface area contributed by atoms with Crippen molar-refractivity contribution in [1.29, 1.82) is 0 Å². The second kappa shape index (κ2) is 5.15. The Morgan fingerprint density at radius 2 is 1.93 bits per heavy atom. The fourth-order valence-corrected chi connectivity index (χ4v) is 1.16. The van der Waals surface area contributed by atoms with Crippen LogP contribution >= 0.6 is 0 Å². The topological polar surface area (TPSA) is 74.7 Å². The lowest BCUT2D eigenvalue weighted by atomic mass is 10.2. The number of unbranched alkanes of at least 4 members (excludes halogenated alkanes) is 1. The molecule has 2 amide bonds. The molecular formula is C10H11NO4. The van der Waals surface area contributed by atoms with Crippen LogP contribution in [0.3, 0.4) is 0 Å². The van der Waals surface area contributed by atoms with Crippen LogP contribution in [0.1, 0.15) is 32.1 Å². The zero-order chi connectivity index (χ0) is 11.3. The number of hydrogen-bond acceptors (Lipinski definition) is 3. The van der Waals surface area contributed by atoms with Crippen LogP contribution in [0, 0.1) is 12.0 Å². The third-order valence-corrected chi connectivity index (χ3v) is 1.93. The van der Waals surface area contributed by atoms with Crippen molar-refractivity contribution in [2.75, 3.05) is 0 Å². The number of nitrogens with zero attached hydrogens (tertiary/aromatic N) is 1. The van der Waals surface area contributed by atoms with E-state index in [-0.39, 0.29) is 31.1 Å². The van der Waals surface area contributed by atoms with E-state index < -0.39 is 5.97 Å². The van der Waals surface area contributed by atoms with Crippen molar-refractivity contribution < 1.29 is 19.5 Å². The van der Waals surface area contributed by atoms with Gasteiger partial charge >= 0.3 is 5.97 Å². The Balaban J connectivity index is 2.34. The molecule has 1 heterocycles.